The van der Waals surface area contributed by atoms with Crippen LogP contribution in [0.4, 0.5) is 0 Å². The van der Waals surface area contributed by atoms with E-state index in [1.165, 1.54) is 5.01 Å². The van der Waals surface area contributed by atoms with Gasteiger partial charge in [-0.15, -0.1) is 0 Å². The Balaban J connectivity index is 1.80. The third kappa shape index (κ3) is 2.72. The molecule has 2 aliphatic rings. The predicted molar refractivity (Wildman–Crippen MR) is 102 cm³/mol. The van der Waals surface area contributed by atoms with E-state index in [0.717, 1.165) is 11.1 Å². The molecule has 0 unspecified atom stereocenters. The van der Waals surface area contributed by atoms with Crippen LogP contribution < -0.4 is 0 Å². The van der Waals surface area contributed by atoms with Gasteiger partial charge in [-0.25, -0.2) is 5.01 Å². The summed E-state index contributed by atoms with van der Waals surface area (Å²) in [5, 5.41) is 3.29. The first-order valence-electron chi connectivity index (χ1n) is 8.93. The van der Waals surface area contributed by atoms with Crippen molar-refractivity contribution < 1.29 is 14.3 Å². The fourth-order valence-corrected chi connectivity index (χ4v) is 3.74. The predicted octanol–water partition coefficient (Wildman–Crippen LogP) is 3.78. The van der Waals surface area contributed by atoms with E-state index in [1.54, 1.807) is 24.1 Å². The summed E-state index contributed by atoms with van der Waals surface area (Å²) < 4.78 is 5.31. The molecule has 4 rings (SSSR count). The molecular weight excluding hydrogens is 340 g/mol. The number of ether oxygens (including phenoxy) is 1. The zero-order chi connectivity index (χ0) is 19.0. The number of carbonyl (C=O) groups excluding carboxylic acids is 2. The molecule has 2 aromatic rings. The number of benzene rings is 2. The molecule has 1 saturated heterocycles. The average Bonchev–Trinajstić information content (AvgIpc) is 3.00. The van der Waals surface area contributed by atoms with Gasteiger partial charge in [-0.3, -0.25) is 14.6 Å². The van der Waals surface area contributed by atoms with Gasteiger partial charge >= 0.3 is 5.97 Å². The largest absolute Gasteiger partial charge is 0.465 e. The molecule has 27 heavy (non-hydrogen) atoms. The van der Waals surface area contributed by atoms with Gasteiger partial charge in [0.15, 0.2) is 0 Å². The second-order valence-electron chi connectivity index (χ2n) is 6.47. The molecular formula is C22H20N2O3. The van der Waals surface area contributed by atoms with Crippen LogP contribution in [0.5, 0.6) is 0 Å². The Bertz CT molecular complexity index is 936. The van der Waals surface area contributed by atoms with Gasteiger partial charge < -0.3 is 4.74 Å². The van der Waals surface area contributed by atoms with E-state index in [1.807, 2.05) is 54.7 Å². The molecule has 1 amide bonds. The monoisotopic (exact) mass is 360 g/mol. The average molecular weight is 360 g/mol. The van der Waals surface area contributed by atoms with Gasteiger partial charge in [-0.2, -0.15) is 0 Å². The van der Waals surface area contributed by atoms with Crippen molar-refractivity contribution in [2.75, 3.05) is 6.61 Å². The highest BCUT2D eigenvalue weighted by atomic mass is 16.5. The fraction of sp³-hybridized carbons (Fsp3) is 0.182. The number of hydrazine groups is 1. The van der Waals surface area contributed by atoms with E-state index in [2.05, 4.69) is 6.58 Å². The molecule has 2 atom stereocenters. The Hall–Kier alpha value is -3.34. The quantitative estimate of drug-likeness (QED) is 0.782. The molecule has 136 valence electrons. The summed E-state index contributed by atoms with van der Waals surface area (Å²) in [6, 6.07) is 16.5. The summed E-state index contributed by atoms with van der Waals surface area (Å²) in [6.07, 6.45) is 3.77. The fourth-order valence-electron chi connectivity index (χ4n) is 3.74. The van der Waals surface area contributed by atoms with Gasteiger partial charge in [0.05, 0.1) is 18.3 Å². The van der Waals surface area contributed by atoms with Crippen LogP contribution in [-0.2, 0) is 9.53 Å². The standard InChI is InChI=1S/C22H20N2O3/c1-3-27-22(26)19-15(2)24(21(25)17-10-5-4-6-11-17)23-14-13-16-9-7-8-12-18(16)20(19)23/h4-14,19-20H,2-3H2,1H3/t19-,20+/m1/s1. The molecule has 0 N–H and O–H groups in total. The van der Waals surface area contributed by atoms with Crippen LogP contribution in [0.1, 0.15) is 34.5 Å². The summed E-state index contributed by atoms with van der Waals surface area (Å²) in [5.74, 6) is -1.24. The second kappa shape index (κ2) is 6.76. The van der Waals surface area contributed by atoms with Crippen LogP contribution in [0.3, 0.4) is 0 Å². The van der Waals surface area contributed by atoms with Gasteiger partial charge in [0.25, 0.3) is 5.91 Å². The molecule has 1 fully saturated rings. The molecule has 0 aliphatic carbocycles. The van der Waals surface area contributed by atoms with Crippen LogP contribution in [0.25, 0.3) is 6.08 Å². The summed E-state index contributed by atoms with van der Waals surface area (Å²) >= 11 is 0. The zero-order valence-electron chi connectivity index (χ0n) is 15.0. The van der Waals surface area contributed by atoms with Crippen molar-refractivity contribution in [3.8, 4) is 0 Å². The van der Waals surface area contributed by atoms with E-state index >= 15 is 0 Å². The highest BCUT2D eigenvalue weighted by Gasteiger charge is 2.50. The first kappa shape index (κ1) is 17.1. The van der Waals surface area contributed by atoms with Crippen molar-refractivity contribution in [2.24, 2.45) is 5.92 Å². The molecule has 5 nitrogen and oxygen atoms in total. The van der Waals surface area contributed by atoms with Crippen LogP contribution in [0, 0.1) is 5.92 Å². The molecule has 5 heteroatoms. The molecule has 0 radical (unpaired) electrons. The summed E-state index contributed by atoms with van der Waals surface area (Å²) in [7, 11) is 0. The van der Waals surface area contributed by atoms with E-state index in [-0.39, 0.29) is 24.5 Å². The minimum atomic E-state index is -0.649. The summed E-state index contributed by atoms with van der Waals surface area (Å²) in [4.78, 5) is 25.9. The van der Waals surface area contributed by atoms with Crippen molar-refractivity contribution in [1.82, 2.24) is 10.0 Å². The Labute approximate surface area is 158 Å². The SMILES string of the molecule is C=C1[C@@H](C(=O)OCC)[C@@H]2c3ccccc3C=CN2N1C(=O)c1ccccc1. The number of rotatable bonds is 3. The topological polar surface area (TPSA) is 49.9 Å². The van der Waals surface area contributed by atoms with E-state index in [9.17, 15) is 9.59 Å². The molecule has 0 bridgehead atoms. The van der Waals surface area contributed by atoms with E-state index < -0.39 is 5.92 Å². The highest BCUT2D eigenvalue weighted by Crippen LogP contribution is 2.47. The minimum Gasteiger partial charge on any atom is -0.465 e. The molecule has 2 aromatic carbocycles. The van der Waals surface area contributed by atoms with Gasteiger partial charge in [0.1, 0.15) is 5.92 Å². The van der Waals surface area contributed by atoms with E-state index in [4.69, 9.17) is 4.74 Å². The van der Waals surface area contributed by atoms with Crippen LogP contribution >= 0.6 is 0 Å². The maximum absolute atomic E-state index is 13.2. The number of esters is 1. The first-order chi connectivity index (χ1) is 13.1. The van der Waals surface area contributed by atoms with Crippen LogP contribution in [-0.4, -0.2) is 28.5 Å². The van der Waals surface area contributed by atoms with E-state index in [0.29, 0.717) is 11.3 Å². The molecule has 0 spiro atoms. The lowest BCUT2D eigenvalue weighted by Gasteiger charge is -2.34. The smallest absolute Gasteiger partial charge is 0.317 e. The van der Waals surface area contributed by atoms with Gasteiger partial charge in [-0.05, 0) is 36.3 Å². The van der Waals surface area contributed by atoms with Crippen molar-refractivity contribution in [2.45, 2.75) is 13.0 Å². The maximum Gasteiger partial charge on any atom is 0.317 e. The Morgan fingerprint density at radius 3 is 2.52 bits per heavy atom. The third-order valence-corrected chi connectivity index (χ3v) is 4.94. The second-order valence-corrected chi connectivity index (χ2v) is 6.47. The molecule has 0 aromatic heterocycles. The van der Waals surface area contributed by atoms with Crippen molar-refractivity contribution in [3.63, 3.8) is 0 Å². The number of carbonyl (C=O) groups is 2. The number of hydrogen-bond acceptors (Lipinski definition) is 4. The minimum absolute atomic E-state index is 0.221. The Morgan fingerprint density at radius 1 is 1.07 bits per heavy atom. The number of hydrogen-bond donors (Lipinski definition) is 0. The lowest BCUT2D eigenvalue weighted by molar-refractivity contribution is -0.147. The number of amides is 1. The van der Waals surface area contributed by atoms with Gasteiger partial charge in [0.2, 0.25) is 0 Å². The Kier molecular flexibility index (Phi) is 4.28. The van der Waals surface area contributed by atoms with Crippen LogP contribution in [0.15, 0.2) is 73.1 Å². The van der Waals surface area contributed by atoms with Crippen molar-refractivity contribution in [1.29, 1.82) is 0 Å². The normalized spacial score (nSPS) is 20.3. The third-order valence-electron chi connectivity index (χ3n) is 4.94. The first-order valence-corrected chi connectivity index (χ1v) is 8.93. The van der Waals surface area contributed by atoms with Crippen molar-refractivity contribution >= 4 is 18.0 Å². The number of fused-ring (bicyclic) bond motifs is 3. The van der Waals surface area contributed by atoms with Gasteiger partial charge in [0, 0.05) is 11.8 Å². The molecule has 2 aliphatic heterocycles. The number of nitrogens with zero attached hydrogens (tertiary/aromatic N) is 2. The van der Waals surface area contributed by atoms with Gasteiger partial charge in [-0.1, -0.05) is 49.0 Å². The lowest BCUT2D eigenvalue weighted by Crippen LogP contribution is -2.38. The summed E-state index contributed by atoms with van der Waals surface area (Å²) in [5.41, 5.74) is 2.96. The zero-order valence-corrected chi connectivity index (χ0v) is 15.0. The lowest BCUT2D eigenvalue weighted by atomic mass is 9.88. The molecule has 2 heterocycles. The highest BCUT2D eigenvalue weighted by molar-refractivity contribution is 5.96. The maximum atomic E-state index is 13.2. The summed E-state index contributed by atoms with van der Waals surface area (Å²) in [6.45, 7) is 6.14. The molecule has 0 saturated carbocycles. The van der Waals surface area contributed by atoms with Crippen molar-refractivity contribution in [3.05, 3.63) is 89.8 Å². The van der Waals surface area contributed by atoms with Crippen LogP contribution in [0.2, 0.25) is 0 Å². The Morgan fingerprint density at radius 2 is 1.78 bits per heavy atom.